The smallest absolute Gasteiger partial charge is 0.263 e. The van der Waals surface area contributed by atoms with E-state index in [1.165, 1.54) is 11.1 Å². The fourth-order valence-corrected chi connectivity index (χ4v) is 6.97. The van der Waals surface area contributed by atoms with Crippen LogP contribution in [0.3, 0.4) is 0 Å². The Morgan fingerprint density at radius 1 is 0.974 bits per heavy atom. The molecular weight excluding hydrogens is 488 g/mol. The predicted octanol–water partition coefficient (Wildman–Crippen LogP) is 3.75. The summed E-state index contributed by atoms with van der Waals surface area (Å²) in [6, 6.07) is 18.6. The fourth-order valence-electron chi connectivity index (χ4n) is 6.97. The van der Waals surface area contributed by atoms with Crippen LogP contribution in [0.2, 0.25) is 0 Å². The first-order valence-corrected chi connectivity index (χ1v) is 13.7. The number of nitrogens with zero attached hydrogens (tertiary/aromatic N) is 5. The lowest BCUT2D eigenvalue weighted by Crippen LogP contribution is -2.45. The zero-order valence-electron chi connectivity index (χ0n) is 21.6. The molecule has 4 heterocycles. The van der Waals surface area contributed by atoms with Crippen molar-refractivity contribution in [1.29, 1.82) is 0 Å². The highest BCUT2D eigenvalue weighted by molar-refractivity contribution is 5.80. The van der Waals surface area contributed by atoms with Crippen LogP contribution >= 0.6 is 0 Å². The Labute approximate surface area is 225 Å². The van der Waals surface area contributed by atoms with Gasteiger partial charge in [0.2, 0.25) is 5.95 Å². The highest BCUT2D eigenvalue weighted by atomic mass is 16.1. The maximum absolute atomic E-state index is 13.5. The zero-order chi connectivity index (χ0) is 26.2. The lowest BCUT2D eigenvalue weighted by Gasteiger charge is -2.42. The van der Waals surface area contributed by atoms with Gasteiger partial charge in [-0.1, -0.05) is 42.5 Å². The van der Waals surface area contributed by atoms with Crippen LogP contribution in [0.15, 0.2) is 71.8 Å². The Bertz CT molecular complexity index is 1750. The van der Waals surface area contributed by atoms with Gasteiger partial charge in [-0.25, -0.2) is 4.68 Å². The van der Waals surface area contributed by atoms with Crippen molar-refractivity contribution < 1.29 is 0 Å². The SMILES string of the molecule is N[C@@H]1c2ccccc2CC12CCN(c1nc3[nH]nc(C4(c5cnn(-c6ccccc6)c5)CC4)c3c(=O)[nH]1)CC2. The van der Waals surface area contributed by atoms with E-state index in [9.17, 15) is 4.79 Å². The molecule has 1 spiro atoms. The van der Waals surface area contributed by atoms with E-state index in [2.05, 4.69) is 55.6 Å². The number of H-pyrrole nitrogens is 2. The molecule has 1 saturated heterocycles. The van der Waals surface area contributed by atoms with Crippen LogP contribution in [-0.4, -0.2) is 43.0 Å². The first-order valence-electron chi connectivity index (χ1n) is 13.7. The van der Waals surface area contributed by atoms with Crippen molar-refractivity contribution in [1.82, 2.24) is 29.9 Å². The topological polar surface area (TPSA) is 122 Å². The highest BCUT2D eigenvalue weighted by Crippen LogP contribution is 2.54. The lowest BCUT2D eigenvalue weighted by atomic mass is 9.73. The molecule has 1 aliphatic heterocycles. The number of rotatable bonds is 4. The standard InChI is InChI=1S/C30H30N8O/c31-24-22-9-5-4-6-19(22)16-29(24)12-14-37(15-13-29)28-33-26-23(27(39)34-28)25(35-36-26)30(10-11-30)20-17-32-38(18-20)21-7-2-1-3-8-21/h1-9,17-18,24H,10-16,31H2,(H2,33,34,35,36,39)/t24-/m1/s1. The molecule has 2 aromatic carbocycles. The number of hydrogen-bond acceptors (Lipinski definition) is 6. The minimum Gasteiger partial charge on any atom is -0.342 e. The molecule has 2 fully saturated rings. The van der Waals surface area contributed by atoms with Crippen LogP contribution in [-0.2, 0) is 11.8 Å². The van der Waals surface area contributed by atoms with Gasteiger partial charge >= 0.3 is 0 Å². The number of aromatic nitrogens is 6. The molecule has 5 aromatic rings. The van der Waals surface area contributed by atoms with E-state index in [4.69, 9.17) is 10.7 Å². The molecule has 8 rings (SSSR count). The van der Waals surface area contributed by atoms with E-state index in [0.29, 0.717) is 17.0 Å². The molecule has 0 radical (unpaired) electrons. The van der Waals surface area contributed by atoms with E-state index in [1.807, 2.05) is 41.2 Å². The van der Waals surface area contributed by atoms with E-state index in [1.54, 1.807) is 0 Å². The van der Waals surface area contributed by atoms with Crippen molar-refractivity contribution in [2.75, 3.05) is 18.0 Å². The number of fused-ring (bicyclic) bond motifs is 2. The molecule has 39 heavy (non-hydrogen) atoms. The van der Waals surface area contributed by atoms with Gasteiger partial charge in [0, 0.05) is 36.3 Å². The molecule has 2 aliphatic carbocycles. The number of anilines is 1. The van der Waals surface area contributed by atoms with Gasteiger partial charge in [0.25, 0.3) is 5.56 Å². The van der Waals surface area contributed by atoms with Gasteiger partial charge < -0.3 is 10.6 Å². The summed E-state index contributed by atoms with van der Waals surface area (Å²) in [6.45, 7) is 1.61. The fraction of sp³-hybridized carbons (Fsp3) is 0.333. The van der Waals surface area contributed by atoms with Gasteiger partial charge in [-0.3, -0.25) is 14.9 Å². The molecule has 4 N–H and O–H groups in total. The van der Waals surface area contributed by atoms with Gasteiger partial charge in [0.05, 0.1) is 17.6 Å². The second-order valence-electron chi connectivity index (χ2n) is 11.5. The third-order valence-electron chi connectivity index (χ3n) is 9.43. The Hall–Kier alpha value is -4.24. The van der Waals surface area contributed by atoms with Gasteiger partial charge in [0.1, 0.15) is 5.39 Å². The normalized spacial score (nSPS) is 20.9. The molecule has 9 heteroatoms. The molecule has 3 aliphatic rings. The van der Waals surface area contributed by atoms with E-state index >= 15 is 0 Å². The predicted molar refractivity (Wildman–Crippen MR) is 149 cm³/mol. The maximum atomic E-state index is 13.5. The molecule has 0 bridgehead atoms. The van der Waals surface area contributed by atoms with Gasteiger partial charge in [-0.15, -0.1) is 0 Å². The number of para-hydroxylation sites is 1. The number of benzene rings is 2. The molecule has 1 atom stereocenters. The second-order valence-corrected chi connectivity index (χ2v) is 11.5. The summed E-state index contributed by atoms with van der Waals surface area (Å²) in [7, 11) is 0. The van der Waals surface area contributed by atoms with Crippen LogP contribution in [0, 0.1) is 5.41 Å². The molecule has 3 aromatic heterocycles. The number of nitrogens with one attached hydrogen (secondary N) is 2. The van der Waals surface area contributed by atoms with Crippen molar-refractivity contribution in [3.8, 4) is 5.69 Å². The van der Waals surface area contributed by atoms with Gasteiger partial charge in [-0.05, 0) is 60.8 Å². The molecule has 0 unspecified atom stereocenters. The van der Waals surface area contributed by atoms with Crippen molar-refractivity contribution in [3.63, 3.8) is 0 Å². The van der Waals surface area contributed by atoms with Crippen LogP contribution in [0.4, 0.5) is 5.95 Å². The van der Waals surface area contributed by atoms with Crippen LogP contribution in [0.5, 0.6) is 0 Å². The molecule has 0 amide bonds. The van der Waals surface area contributed by atoms with Crippen molar-refractivity contribution in [2.24, 2.45) is 11.1 Å². The van der Waals surface area contributed by atoms with Gasteiger partial charge in [-0.2, -0.15) is 15.2 Å². The number of hydrogen-bond donors (Lipinski definition) is 3. The largest absolute Gasteiger partial charge is 0.342 e. The van der Waals surface area contributed by atoms with Crippen molar-refractivity contribution in [3.05, 3.63) is 99.7 Å². The first-order chi connectivity index (χ1) is 19.1. The third-order valence-corrected chi connectivity index (χ3v) is 9.43. The minimum atomic E-state index is -0.313. The second kappa shape index (κ2) is 8.13. The van der Waals surface area contributed by atoms with Crippen LogP contribution < -0.4 is 16.2 Å². The Morgan fingerprint density at radius 3 is 2.51 bits per heavy atom. The van der Waals surface area contributed by atoms with Crippen LogP contribution in [0.25, 0.3) is 16.7 Å². The number of aromatic amines is 2. The maximum Gasteiger partial charge on any atom is 0.263 e. The van der Waals surface area contributed by atoms with Crippen molar-refractivity contribution in [2.45, 2.75) is 43.6 Å². The highest BCUT2D eigenvalue weighted by Gasteiger charge is 2.51. The summed E-state index contributed by atoms with van der Waals surface area (Å²) in [5.41, 5.74) is 12.4. The summed E-state index contributed by atoms with van der Waals surface area (Å²) in [5, 5.41) is 12.9. The first kappa shape index (κ1) is 22.7. The summed E-state index contributed by atoms with van der Waals surface area (Å²) in [5.74, 6) is 0.600. The average molecular weight is 519 g/mol. The molecule has 196 valence electrons. The van der Waals surface area contributed by atoms with Gasteiger partial charge in [0.15, 0.2) is 5.65 Å². The van der Waals surface area contributed by atoms with E-state index < -0.39 is 0 Å². The van der Waals surface area contributed by atoms with Crippen LogP contribution in [0.1, 0.15) is 54.1 Å². The average Bonchev–Trinajstić information content (AvgIpc) is 3.30. The Morgan fingerprint density at radius 2 is 1.74 bits per heavy atom. The van der Waals surface area contributed by atoms with Crippen molar-refractivity contribution >= 4 is 17.0 Å². The number of piperidine rings is 1. The quantitative estimate of drug-likeness (QED) is 0.333. The molecule has 1 saturated carbocycles. The zero-order valence-corrected chi connectivity index (χ0v) is 21.6. The Balaban J connectivity index is 1.07. The summed E-state index contributed by atoms with van der Waals surface area (Å²) >= 11 is 0. The Kier molecular flexibility index (Phi) is 4.74. The minimum absolute atomic E-state index is 0.0569. The lowest BCUT2D eigenvalue weighted by molar-refractivity contribution is 0.187. The summed E-state index contributed by atoms with van der Waals surface area (Å²) in [4.78, 5) is 23.6. The monoisotopic (exact) mass is 518 g/mol. The van der Waals surface area contributed by atoms with E-state index in [-0.39, 0.29) is 22.4 Å². The van der Waals surface area contributed by atoms with E-state index in [0.717, 1.165) is 62.1 Å². The summed E-state index contributed by atoms with van der Waals surface area (Å²) < 4.78 is 1.88. The third kappa shape index (κ3) is 3.35. The molecular formula is C30H30N8O. The summed E-state index contributed by atoms with van der Waals surface area (Å²) in [6.07, 6.45) is 8.74. The molecule has 9 nitrogen and oxygen atoms in total. The number of nitrogens with two attached hydrogens (primary N) is 1.